The van der Waals surface area contributed by atoms with Gasteiger partial charge >= 0.3 is 4.87 Å². The highest BCUT2D eigenvalue weighted by Crippen LogP contribution is 2.37. The number of likely N-dealkylation sites (tertiary alicyclic amines) is 1. The third-order valence-electron chi connectivity index (χ3n) is 7.05. The molecule has 0 bridgehead atoms. The fourth-order valence-corrected chi connectivity index (χ4v) is 6.27. The van der Waals surface area contributed by atoms with Gasteiger partial charge in [0.1, 0.15) is 19.0 Å². The highest BCUT2D eigenvalue weighted by atomic mass is 35.5. The molecule has 11 heteroatoms. The van der Waals surface area contributed by atoms with Gasteiger partial charge in [-0.3, -0.25) is 14.3 Å². The van der Waals surface area contributed by atoms with Crippen molar-refractivity contribution in [1.29, 1.82) is 0 Å². The summed E-state index contributed by atoms with van der Waals surface area (Å²) in [5, 5.41) is 3.63. The van der Waals surface area contributed by atoms with Crippen molar-refractivity contribution in [2.75, 3.05) is 32.8 Å². The van der Waals surface area contributed by atoms with E-state index < -0.39 is 0 Å². The number of ether oxygens (including phenoxy) is 2. The topological polar surface area (TPSA) is 68.6 Å². The number of nitrogens with one attached hydrogen (secondary N) is 1. The number of piperidine rings is 1. The summed E-state index contributed by atoms with van der Waals surface area (Å²) in [5.74, 6) is 1.44. The molecule has 1 saturated heterocycles. The van der Waals surface area contributed by atoms with Crippen LogP contribution in [0.1, 0.15) is 36.4 Å². The molecule has 3 aromatic rings. The minimum atomic E-state index is -0.178. The summed E-state index contributed by atoms with van der Waals surface area (Å²) in [6.45, 7) is 5.34. The number of halogens is 3. The summed E-state index contributed by atoms with van der Waals surface area (Å²) in [6, 6.07) is 5.66. The van der Waals surface area contributed by atoms with Crippen molar-refractivity contribution >= 4 is 46.4 Å². The third kappa shape index (κ3) is 5.15. The Kier molecular flexibility index (Phi) is 8.23. The molecule has 3 aliphatic heterocycles. The second kappa shape index (κ2) is 11.0. The molecule has 5 heterocycles. The summed E-state index contributed by atoms with van der Waals surface area (Å²) in [7, 11) is 0. The normalized spacial score (nSPS) is 19.7. The molecule has 1 unspecified atom stereocenters. The van der Waals surface area contributed by atoms with Crippen LogP contribution < -0.4 is 19.7 Å². The van der Waals surface area contributed by atoms with Crippen LogP contribution in [0.5, 0.6) is 11.5 Å². The van der Waals surface area contributed by atoms with Crippen LogP contribution in [0, 0.1) is 5.82 Å². The van der Waals surface area contributed by atoms with Crippen molar-refractivity contribution in [2.24, 2.45) is 0 Å². The number of benzene rings is 1. The fourth-order valence-electron chi connectivity index (χ4n) is 5.33. The largest absolute Gasteiger partial charge is 0.486 e. The predicted molar refractivity (Wildman–Crippen MR) is 139 cm³/mol. The Morgan fingerprint density at radius 3 is 2.66 bits per heavy atom. The standard InChI is InChI=1S/C24H27FN4O3S.2ClH/c25-18-1-2-21-23-22(18)15(3-8-29(23)24(30)33-21)14-28-6-4-16(5-7-28)26-12-17-11-19-20(13-27-17)32-10-9-31-19;;/h1-2,11,13,15-16,26H,3-10,12,14H2;2*1H. The van der Waals surface area contributed by atoms with Crippen LogP contribution in [0.15, 0.2) is 29.2 Å². The maximum atomic E-state index is 14.8. The van der Waals surface area contributed by atoms with Gasteiger partial charge in [0.2, 0.25) is 0 Å². The molecule has 0 saturated carbocycles. The number of hydrogen-bond donors (Lipinski definition) is 1. The molecule has 1 aromatic carbocycles. The molecular formula is C24H29Cl2FN4O3S. The lowest BCUT2D eigenvalue weighted by Crippen LogP contribution is -2.44. The molecule has 0 aliphatic carbocycles. The monoisotopic (exact) mass is 542 g/mol. The number of rotatable bonds is 5. The van der Waals surface area contributed by atoms with Gasteiger partial charge in [-0.15, -0.1) is 24.8 Å². The van der Waals surface area contributed by atoms with E-state index in [2.05, 4.69) is 15.2 Å². The van der Waals surface area contributed by atoms with Crippen molar-refractivity contribution in [3.05, 3.63) is 51.1 Å². The van der Waals surface area contributed by atoms with Crippen LogP contribution in [0.2, 0.25) is 0 Å². The summed E-state index contributed by atoms with van der Waals surface area (Å²) in [4.78, 5) is 19.2. The average molecular weight is 543 g/mol. The molecule has 2 aromatic heterocycles. The first-order valence-corrected chi connectivity index (χ1v) is 12.5. The van der Waals surface area contributed by atoms with Gasteiger partial charge in [0.25, 0.3) is 0 Å². The number of aryl methyl sites for hydroxylation is 1. The minimum absolute atomic E-state index is 0. The summed E-state index contributed by atoms with van der Waals surface area (Å²) < 4.78 is 28.7. The van der Waals surface area contributed by atoms with Crippen LogP contribution in [-0.2, 0) is 13.1 Å². The van der Waals surface area contributed by atoms with Crippen LogP contribution in [0.3, 0.4) is 0 Å². The number of pyridine rings is 1. The Hall–Kier alpha value is -1.91. The lowest BCUT2D eigenvalue weighted by atomic mass is 9.90. The first-order valence-electron chi connectivity index (χ1n) is 11.7. The molecule has 1 fully saturated rings. The zero-order valence-corrected chi connectivity index (χ0v) is 21.7. The molecule has 6 rings (SSSR count). The predicted octanol–water partition coefficient (Wildman–Crippen LogP) is 3.95. The lowest BCUT2D eigenvalue weighted by Gasteiger charge is -2.36. The molecule has 3 aliphatic rings. The van der Waals surface area contributed by atoms with E-state index in [0.717, 1.165) is 66.1 Å². The Morgan fingerprint density at radius 2 is 1.86 bits per heavy atom. The van der Waals surface area contributed by atoms with Gasteiger partial charge in [-0.25, -0.2) is 4.39 Å². The van der Waals surface area contributed by atoms with Gasteiger partial charge in [0.05, 0.1) is 22.1 Å². The van der Waals surface area contributed by atoms with E-state index in [-0.39, 0.29) is 41.4 Å². The molecule has 1 atom stereocenters. The van der Waals surface area contributed by atoms with Crippen molar-refractivity contribution in [2.45, 2.75) is 44.3 Å². The summed E-state index contributed by atoms with van der Waals surface area (Å²) in [5.41, 5.74) is 2.51. The number of hydrogen-bond acceptors (Lipinski definition) is 7. The Balaban J connectivity index is 0.00000144. The SMILES string of the molecule is Cl.Cl.O=c1sc2ccc(F)c3c2n1CCC3CN1CCC(NCc2cc3c(cn2)OCCO3)CC1. The van der Waals surface area contributed by atoms with Gasteiger partial charge in [0, 0.05) is 43.2 Å². The van der Waals surface area contributed by atoms with Crippen LogP contribution in [-0.4, -0.2) is 53.3 Å². The number of thiazole rings is 1. The van der Waals surface area contributed by atoms with E-state index in [4.69, 9.17) is 9.47 Å². The van der Waals surface area contributed by atoms with Crippen molar-refractivity contribution in [3.63, 3.8) is 0 Å². The molecule has 7 nitrogen and oxygen atoms in total. The van der Waals surface area contributed by atoms with Gasteiger partial charge in [0.15, 0.2) is 11.5 Å². The Labute approximate surface area is 219 Å². The third-order valence-corrected chi connectivity index (χ3v) is 7.99. The van der Waals surface area contributed by atoms with Crippen LogP contribution in [0.25, 0.3) is 10.2 Å². The molecule has 35 heavy (non-hydrogen) atoms. The van der Waals surface area contributed by atoms with Gasteiger partial charge < -0.3 is 19.7 Å². The zero-order chi connectivity index (χ0) is 22.4. The smallest absolute Gasteiger partial charge is 0.308 e. The Morgan fingerprint density at radius 1 is 1.09 bits per heavy atom. The second-order valence-electron chi connectivity index (χ2n) is 9.09. The molecule has 0 amide bonds. The highest BCUT2D eigenvalue weighted by Gasteiger charge is 2.30. The van der Waals surface area contributed by atoms with E-state index in [0.29, 0.717) is 38.1 Å². The Bertz CT molecular complexity index is 1250. The molecule has 0 spiro atoms. The maximum absolute atomic E-state index is 14.8. The molecular weight excluding hydrogens is 514 g/mol. The first-order chi connectivity index (χ1) is 16.2. The zero-order valence-electron chi connectivity index (χ0n) is 19.2. The van der Waals surface area contributed by atoms with E-state index in [1.54, 1.807) is 16.8 Å². The van der Waals surface area contributed by atoms with E-state index >= 15 is 0 Å². The molecule has 1 N–H and O–H groups in total. The van der Waals surface area contributed by atoms with E-state index in [1.807, 2.05) is 6.07 Å². The molecule has 190 valence electrons. The van der Waals surface area contributed by atoms with Gasteiger partial charge in [-0.1, -0.05) is 11.3 Å². The van der Waals surface area contributed by atoms with Crippen molar-refractivity contribution in [3.8, 4) is 11.5 Å². The molecule has 0 radical (unpaired) electrons. The van der Waals surface area contributed by atoms with Crippen LogP contribution >= 0.6 is 36.2 Å². The first kappa shape index (κ1) is 26.2. The van der Waals surface area contributed by atoms with Crippen molar-refractivity contribution in [1.82, 2.24) is 19.8 Å². The van der Waals surface area contributed by atoms with E-state index in [1.165, 1.54) is 17.4 Å². The highest BCUT2D eigenvalue weighted by molar-refractivity contribution is 7.16. The fraction of sp³-hybridized carbons (Fsp3) is 0.500. The minimum Gasteiger partial charge on any atom is -0.486 e. The summed E-state index contributed by atoms with van der Waals surface area (Å²) in [6.07, 6.45) is 4.65. The second-order valence-corrected chi connectivity index (χ2v) is 10.1. The average Bonchev–Trinajstić information content (AvgIpc) is 3.17. The number of aromatic nitrogens is 2. The van der Waals surface area contributed by atoms with Crippen molar-refractivity contribution < 1.29 is 13.9 Å². The van der Waals surface area contributed by atoms with Crippen LogP contribution in [0.4, 0.5) is 4.39 Å². The van der Waals surface area contributed by atoms with E-state index in [9.17, 15) is 9.18 Å². The number of nitrogens with zero attached hydrogens (tertiary/aromatic N) is 3. The summed E-state index contributed by atoms with van der Waals surface area (Å²) >= 11 is 1.22. The maximum Gasteiger partial charge on any atom is 0.308 e. The number of fused-ring (bicyclic) bond motifs is 1. The lowest BCUT2D eigenvalue weighted by molar-refractivity contribution is 0.170. The van der Waals surface area contributed by atoms with Gasteiger partial charge in [-0.05, 0) is 44.5 Å². The quantitative estimate of drug-likeness (QED) is 0.526. The van der Waals surface area contributed by atoms with Gasteiger partial charge in [-0.2, -0.15) is 0 Å².